The monoisotopic (exact) mass is 308 g/mol. The Bertz CT molecular complexity index is 751. The van der Waals surface area contributed by atoms with Crippen LogP contribution in [0.15, 0.2) is 53.4 Å². The predicted molar refractivity (Wildman–Crippen MR) is 75.8 cm³/mol. The molecular weight excluding hydrogens is 295 g/mol. The van der Waals surface area contributed by atoms with Gasteiger partial charge in [0.25, 0.3) is 0 Å². The van der Waals surface area contributed by atoms with Crippen molar-refractivity contribution < 1.29 is 22.3 Å². The zero-order chi connectivity index (χ0) is 15.5. The van der Waals surface area contributed by atoms with Gasteiger partial charge in [0.05, 0.1) is 12.0 Å². The largest absolute Gasteiger partial charge is 0.497 e. The number of carbonyl (C=O) groups excluding carboxylic acids is 1. The summed E-state index contributed by atoms with van der Waals surface area (Å²) in [6, 6.07) is 10.7. The molecule has 0 heterocycles. The number of ether oxygens (including phenoxy) is 1. The molecular formula is C15H13FO4S. The van der Waals surface area contributed by atoms with E-state index in [1.54, 1.807) is 12.1 Å². The summed E-state index contributed by atoms with van der Waals surface area (Å²) in [5.41, 5.74) is 0.260. The predicted octanol–water partition coefficient (Wildman–Crippen LogP) is 2.49. The molecule has 0 aliphatic heterocycles. The van der Waals surface area contributed by atoms with Crippen molar-refractivity contribution in [2.45, 2.75) is 4.90 Å². The molecule has 0 saturated carbocycles. The summed E-state index contributed by atoms with van der Waals surface area (Å²) in [6.45, 7) is 0. The highest BCUT2D eigenvalue weighted by Crippen LogP contribution is 2.16. The zero-order valence-electron chi connectivity index (χ0n) is 11.2. The van der Waals surface area contributed by atoms with Gasteiger partial charge in [-0.15, -0.1) is 0 Å². The van der Waals surface area contributed by atoms with Crippen molar-refractivity contribution in [3.63, 3.8) is 0 Å². The van der Waals surface area contributed by atoms with Crippen LogP contribution >= 0.6 is 0 Å². The van der Waals surface area contributed by atoms with Crippen molar-refractivity contribution in [1.82, 2.24) is 0 Å². The molecule has 0 saturated heterocycles. The Labute approximate surface area is 122 Å². The molecule has 0 aromatic heterocycles. The summed E-state index contributed by atoms with van der Waals surface area (Å²) >= 11 is 0. The molecule has 0 aliphatic rings. The molecule has 0 amide bonds. The van der Waals surface area contributed by atoms with Crippen LogP contribution in [-0.4, -0.2) is 27.1 Å². The lowest BCUT2D eigenvalue weighted by molar-refractivity contribution is 0.102. The van der Waals surface area contributed by atoms with Crippen LogP contribution in [0.2, 0.25) is 0 Å². The van der Waals surface area contributed by atoms with Crippen LogP contribution in [0.25, 0.3) is 0 Å². The number of hydrogen-bond donors (Lipinski definition) is 0. The molecule has 0 spiro atoms. The second-order valence-corrected chi connectivity index (χ2v) is 6.36. The first-order chi connectivity index (χ1) is 9.92. The Hall–Kier alpha value is -2.21. The highest BCUT2D eigenvalue weighted by molar-refractivity contribution is 7.92. The van der Waals surface area contributed by atoms with Gasteiger partial charge in [0.2, 0.25) is 0 Å². The van der Waals surface area contributed by atoms with E-state index in [2.05, 4.69) is 0 Å². The summed E-state index contributed by atoms with van der Waals surface area (Å²) in [7, 11) is -2.38. The Kier molecular flexibility index (Phi) is 4.37. The molecule has 0 atom stereocenters. The molecule has 4 nitrogen and oxygen atoms in total. The van der Waals surface area contributed by atoms with E-state index in [9.17, 15) is 17.6 Å². The summed E-state index contributed by atoms with van der Waals surface area (Å²) in [4.78, 5) is 11.8. The van der Waals surface area contributed by atoms with Crippen LogP contribution in [0.4, 0.5) is 4.39 Å². The maximum Gasteiger partial charge on any atom is 0.185 e. The molecule has 2 rings (SSSR count). The van der Waals surface area contributed by atoms with E-state index in [0.29, 0.717) is 5.75 Å². The van der Waals surface area contributed by atoms with Gasteiger partial charge in [0, 0.05) is 5.56 Å². The Balaban J connectivity index is 2.21. The highest BCUT2D eigenvalue weighted by Gasteiger charge is 2.20. The quantitative estimate of drug-likeness (QED) is 0.796. The zero-order valence-corrected chi connectivity index (χ0v) is 12.1. The van der Waals surface area contributed by atoms with E-state index in [-0.39, 0.29) is 10.5 Å². The van der Waals surface area contributed by atoms with Gasteiger partial charge in [-0.25, -0.2) is 12.8 Å². The molecule has 110 valence electrons. The van der Waals surface area contributed by atoms with Crippen LogP contribution in [0.3, 0.4) is 0 Å². The molecule has 21 heavy (non-hydrogen) atoms. The number of carbonyl (C=O) groups is 1. The van der Waals surface area contributed by atoms with Gasteiger partial charge in [-0.3, -0.25) is 4.79 Å². The summed E-state index contributed by atoms with van der Waals surface area (Å²) < 4.78 is 42.2. The fourth-order valence-corrected chi connectivity index (χ4v) is 3.03. The third-order valence-electron chi connectivity index (χ3n) is 2.89. The lowest BCUT2D eigenvalue weighted by atomic mass is 10.1. The molecule has 2 aromatic carbocycles. The minimum atomic E-state index is -3.87. The average Bonchev–Trinajstić information content (AvgIpc) is 2.47. The van der Waals surface area contributed by atoms with Crippen LogP contribution in [0.5, 0.6) is 5.75 Å². The Morgan fingerprint density at radius 3 is 2.38 bits per heavy atom. The number of hydrogen-bond acceptors (Lipinski definition) is 4. The van der Waals surface area contributed by atoms with Crippen molar-refractivity contribution in [2.75, 3.05) is 12.9 Å². The first kappa shape index (κ1) is 15.2. The summed E-state index contributed by atoms with van der Waals surface area (Å²) in [5, 5.41) is 0. The van der Waals surface area contributed by atoms with Crippen molar-refractivity contribution in [1.29, 1.82) is 0 Å². The molecule has 0 fully saturated rings. The Morgan fingerprint density at radius 1 is 1.14 bits per heavy atom. The van der Waals surface area contributed by atoms with E-state index in [4.69, 9.17) is 4.74 Å². The molecule has 0 aliphatic carbocycles. The van der Waals surface area contributed by atoms with Gasteiger partial charge in [-0.2, -0.15) is 0 Å². The van der Waals surface area contributed by atoms with Gasteiger partial charge in [0.1, 0.15) is 17.3 Å². The van der Waals surface area contributed by atoms with Gasteiger partial charge in [-0.1, -0.05) is 6.07 Å². The number of methoxy groups -OCH3 is 1. The number of rotatable bonds is 5. The topological polar surface area (TPSA) is 60.4 Å². The van der Waals surface area contributed by atoms with Gasteiger partial charge < -0.3 is 4.74 Å². The standard InChI is InChI=1S/C15H13FO4S/c1-20-13-7-5-11(6-8-13)15(17)10-21(18,19)14-4-2-3-12(16)9-14/h2-9H,10H2,1H3. The average molecular weight is 308 g/mol. The molecule has 0 unspecified atom stereocenters. The number of sulfone groups is 1. The van der Waals surface area contributed by atoms with Crippen molar-refractivity contribution in [3.05, 3.63) is 59.9 Å². The van der Waals surface area contributed by atoms with Crippen LogP contribution < -0.4 is 4.74 Å². The fraction of sp³-hybridized carbons (Fsp3) is 0.133. The first-order valence-corrected chi connectivity index (χ1v) is 7.73. The van der Waals surface area contributed by atoms with E-state index in [1.165, 1.54) is 31.4 Å². The Morgan fingerprint density at radius 2 is 1.81 bits per heavy atom. The molecule has 0 bridgehead atoms. The maximum atomic E-state index is 13.1. The van der Waals surface area contributed by atoms with Gasteiger partial charge >= 0.3 is 0 Å². The normalized spacial score (nSPS) is 11.1. The SMILES string of the molecule is COc1ccc(C(=O)CS(=O)(=O)c2cccc(F)c2)cc1. The van der Waals surface area contributed by atoms with E-state index < -0.39 is 27.2 Å². The number of Topliss-reactive ketones (excluding diaryl/α,β-unsaturated/α-hetero) is 1. The van der Waals surface area contributed by atoms with E-state index >= 15 is 0 Å². The van der Waals surface area contributed by atoms with Crippen LogP contribution in [-0.2, 0) is 9.84 Å². The second-order valence-electron chi connectivity index (χ2n) is 4.37. The van der Waals surface area contributed by atoms with E-state index in [1.807, 2.05) is 0 Å². The maximum absolute atomic E-state index is 13.1. The molecule has 0 N–H and O–H groups in total. The smallest absolute Gasteiger partial charge is 0.185 e. The number of halogens is 1. The molecule has 6 heteroatoms. The van der Waals surface area contributed by atoms with Crippen molar-refractivity contribution in [3.8, 4) is 5.75 Å². The van der Waals surface area contributed by atoms with Gasteiger partial charge in [-0.05, 0) is 42.5 Å². The van der Waals surface area contributed by atoms with Gasteiger partial charge in [0.15, 0.2) is 15.6 Å². The van der Waals surface area contributed by atoms with E-state index in [0.717, 1.165) is 12.1 Å². The summed E-state index contributed by atoms with van der Waals surface area (Å²) in [6.07, 6.45) is 0. The molecule has 2 aromatic rings. The fourth-order valence-electron chi connectivity index (χ4n) is 1.78. The van der Waals surface area contributed by atoms with Crippen molar-refractivity contribution in [2.24, 2.45) is 0 Å². The molecule has 0 radical (unpaired) electrons. The lowest BCUT2D eigenvalue weighted by Gasteiger charge is -2.05. The number of benzene rings is 2. The lowest BCUT2D eigenvalue weighted by Crippen LogP contribution is -2.16. The van der Waals surface area contributed by atoms with Crippen molar-refractivity contribution >= 4 is 15.6 Å². The third-order valence-corrected chi connectivity index (χ3v) is 4.50. The first-order valence-electron chi connectivity index (χ1n) is 6.08. The third kappa shape index (κ3) is 3.66. The second kappa shape index (κ2) is 6.05. The minimum absolute atomic E-state index is 0.204. The minimum Gasteiger partial charge on any atom is -0.497 e. The van der Waals surface area contributed by atoms with Crippen LogP contribution in [0.1, 0.15) is 10.4 Å². The highest BCUT2D eigenvalue weighted by atomic mass is 32.2. The van der Waals surface area contributed by atoms with Crippen LogP contribution in [0, 0.1) is 5.82 Å². The number of ketones is 1. The summed E-state index contributed by atoms with van der Waals surface area (Å²) in [5.74, 6) is -1.35.